The lowest BCUT2D eigenvalue weighted by Gasteiger charge is -2.33. The Morgan fingerprint density at radius 3 is 2.44 bits per heavy atom. The fourth-order valence-corrected chi connectivity index (χ4v) is 3.21. The standard InChI is InChI=1S/C19H21FN2O3/c1-21-9-6-15(12-17(21)23)13-7-10-22(11-8-13)19(25)18(24)14-2-4-16(20)5-3-14/h2-6,9,12-13,18,24H,7-8,10-11H2,1H3. The molecular weight excluding hydrogens is 323 g/mol. The number of benzene rings is 1. The molecule has 2 aromatic rings. The van der Waals surface area contributed by atoms with E-state index < -0.39 is 11.9 Å². The third-order valence-electron chi connectivity index (χ3n) is 4.83. The van der Waals surface area contributed by atoms with Crippen molar-refractivity contribution >= 4 is 5.91 Å². The predicted octanol–water partition coefficient (Wildman–Crippen LogP) is 1.96. The van der Waals surface area contributed by atoms with Crippen molar-refractivity contribution in [3.63, 3.8) is 0 Å². The molecule has 1 aromatic carbocycles. The number of aromatic nitrogens is 1. The topological polar surface area (TPSA) is 62.5 Å². The molecule has 5 nitrogen and oxygen atoms in total. The van der Waals surface area contributed by atoms with Crippen LogP contribution in [0.4, 0.5) is 4.39 Å². The zero-order valence-corrected chi connectivity index (χ0v) is 14.1. The van der Waals surface area contributed by atoms with Gasteiger partial charge in [0, 0.05) is 32.4 Å². The van der Waals surface area contributed by atoms with Crippen LogP contribution in [0.1, 0.15) is 36.0 Å². The number of aryl methyl sites for hydroxylation is 1. The molecule has 1 aliphatic heterocycles. The largest absolute Gasteiger partial charge is 0.378 e. The van der Waals surface area contributed by atoms with Crippen molar-refractivity contribution in [3.05, 3.63) is 69.9 Å². The molecule has 1 amide bonds. The Labute approximate surface area is 145 Å². The van der Waals surface area contributed by atoms with Gasteiger partial charge in [0.15, 0.2) is 6.10 Å². The summed E-state index contributed by atoms with van der Waals surface area (Å²) in [4.78, 5) is 25.8. The molecule has 0 radical (unpaired) electrons. The Kier molecular flexibility index (Phi) is 4.99. The van der Waals surface area contributed by atoms with Crippen LogP contribution >= 0.6 is 0 Å². The number of likely N-dealkylation sites (tertiary alicyclic amines) is 1. The molecule has 1 aliphatic rings. The first-order valence-corrected chi connectivity index (χ1v) is 8.34. The average molecular weight is 344 g/mol. The lowest BCUT2D eigenvalue weighted by atomic mass is 9.89. The highest BCUT2D eigenvalue weighted by Crippen LogP contribution is 2.28. The van der Waals surface area contributed by atoms with Gasteiger partial charge in [0.1, 0.15) is 5.82 Å². The Morgan fingerprint density at radius 1 is 1.20 bits per heavy atom. The van der Waals surface area contributed by atoms with Gasteiger partial charge >= 0.3 is 0 Å². The SMILES string of the molecule is Cn1ccc(C2CCN(C(=O)C(O)c3ccc(F)cc3)CC2)cc1=O. The molecule has 1 aromatic heterocycles. The van der Waals surface area contributed by atoms with Crippen molar-refractivity contribution in [2.75, 3.05) is 13.1 Å². The van der Waals surface area contributed by atoms with Gasteiger partial charge in [0.2, 0.25) is 0 Å². The van der Waals surface area contributed by atoms with Gasteiger partial charge in [-0.25, -0.2) is 4.39 Å². The number of rotatable bonds is 3. The molecule has 6 heteroatoms. The molecular formula is C19H21FN2O3. The number of piperidine rings is 1. The van der Waals surface area contributed by atoms with Gasteiger partial charge < -0.3 is 14.6 Å². The summed E-state index contributed by atoms with van der Waals surface area (Å²) in [5, 5.41) is 10.2. The van der Waals surface area contributed by atoms with Crippen molar-refractivity contribution in [1.29, 1.82) is 0 Å². The van der Waals surface area contributed by atoms with Gasteiger partial charge in [-0.05, 0) is 48.1 Å². The van der Waals surface area contributed by atoms with Gasteiger partial charge in [-0.2, -0.15) is 0 Å². The van der Waals surface area contributed by atoms with Crippen LogP contribution in [0, 0.1) is 5.82 Å². The fraction of sp³-hybridized carbons (Fsp3) is 0.368. The number of aliphatic hydroxyl groups is 1. The maximum absolute atomic E-state index is 13.0. The van der Waals surface area contributed by atoms with E-state index >= 15 is 0 Å². The second-order valence-corrected chi connectivity index (χ2v) is 6.46. The lowest BCUT2D eigenvalue weighted by molar-refractivity contribution is -0.141. The Bertz CT molecular complexity index is 808. The van der Waals surface area contributed by atoms with Crippen LogP contribution in [0.5, 0.6) is 0 Å². The highest BCUT2D eigenvalue weighted by atomic mass is 19.1. The summed E-state index contributed by atoms with van der Waals surface area (Å²) in [5.74, 6) is -0.534. The van der Waals surface area contributed by atoms with Crippen LogP contribution in [-0.2, 0) is 11.8 Å². The molecule has 1 fully saturated rings. The number of nitrogens with zero attached hydrogens (tertiary/aromatic N) is 2. The maximum atomic E-state index is 13.0. The molecule has 1 saturated heterocycles. The Morgan fingerprint density at radius 2 is 1.84 bits per heavy atom. The zero-order valence-electron chi connectivity index (χ0n) is 14.1. The number of halogens is 1. The van der Waals surface area contributed by atoms with E-state index in [0.717, 1.165) is 18.4 Å². The number of carbonyl (C=O) groups is 1. The monoisotopic (exact) mass is 344 g/mol. The molecule has 25 heavy (non-hydrogen) atoms. The second-order valence-electron chi connectivity index (χ2n) is 6.46. The first-order valence-electron chi connectivity index (χ1n) is 8.34. The van der Waals surface area contributed by atoms with Crippen molar-refractivity contribution in [2.45, 2.75) is 24.9 Å². The van der Waals surface area contributed by atoms with Crippen LogP contribution in [0.2, 0.25) is 0 Å². The van der Waals surface area contributed by atoms with E-state index in [1.165, 1.54) is 28.8 Å². The summed E-state index contributed by atoms with van der Waals surface area (Å²) in [6.07, 6.45) is 1.97. The number of hydrogen-bond acceptors (Lipinski definition) is 3. The summed E-state index contributed by atoms with van der Waals surface area (Å²) in [7, 11) is 1.71. The quantitative estimate of drug-likeness (QED) is 0.926. The van der Waals surface area contributed by atoms with Crippen LogP contribution in [0.25, 0.3) is 0 Å². The average Bonchev–Trinajstić information content (AvgIpc) is 2.63. The zero-order chi connectivity index (χ0) is 18.0. The fourth-order valence-electron chi connectivity index (χ4n) is 3.21. The van der Waals surface area contributed by atoms with E-state index in [-0.39, 0.29) is 17.4 Å². The molecule has 3 rings (SSSR count). The first-order chi connectivity index (χ1) is 12.0. The van der Waals surface area contributed by atoms with Crippen molar-refractivity contribution in [1.82, 2.24) is 9.47 Å². The number of amides is 1. The van der Waals surface area contributed by atoms with Crippen LogP contribution < -0.4 is 5.56 Å². The van der Waals surface area contributed by atoms with Gasteiger partial charge in [-0.3, -0.25) is 9.59 Å². The van der Waals surface area contributed by atoms with Crippen LogP contribution in [0.15, 0.2) is 47.4 Å². The van der Waals surface area contributed by atoms with E-state index in [1.54, 1.807) is 24.2 Å². The van der Waals surface area contributed by atoms with E-state index in [0.29, 0.717) is 18.7 Å². The molecule has 0 saturated carbocycles. The Hall–Kier alpha value is -2.47. The molecule has 132 valence electrons. The minimum Gasteiger partial charge on any atom is -0.378 e. The summed E-state index contributed by atoms with van der Waals surface area (Å²) in [6.45, 7) is 1.05. The van der Waals surface area contributed by atoms with Gasteiger partial charge in [-0.1, -0.05) is 12.1 Å². The predicted molar refractivity (Wildman–Crippen MR) is 91.6 cm³/mol. The maximum Gasteiger partial charge on any atom is 0.256 e. The van der Waals surface area contributed by atoms with E-state index in [4.69, 9.17) is 0 Å². The smallest absolute Gasteiger partial charge is 0.256 e. The highest BCUT2D eigenvalue weighted by Gasteiger charge is 2.28. The van der Waals surface area contributed by atoms with Crippen LogP contribution in [-0.4, -0.2) is 33.6 Å². The van der Waals surface area contributed by atoms with Gasteiger partial charge in [0.05, 0.1) is 0 Å². The number of carbonyl (C=O) groups excluding carboxylic acids is 1. The second kappa shape index (κ2) is 7.19. The minimum atomic E-state index is -1.28. The van der Waals surface area contributed by atoms with Crippen molar-refractivity contribution < 1.29 is 14.3 Å². The normalized spacial score (nSPS) is 16.7. The summed E-state index contributed by atoms with van der Waals surface area (Å²) in [6, 6.07) is 8.89. The minimum absolute atomic E-state index is 0.0391. The van der Waals surface area contributed by atoms with Gasteiger partial charge in [0.25, 0.3) is 11.5 Å². The highest BCUT2D eigenvalue weighted by molar-refractivity contribution is 5.82. The lowest BCUT2D eigenvalue weighted by Crippen LogP contribution is -2.40. The summed E-state index contributed by atoms with van der Waals surface area (Å²) < 4.78 is 14.5. The molecule has 0 spiro atoms. The van der Waals surface area contributed by atoms with E-state index in [1.807, 2.05) is 6.07 Å². The number of pyridine rings is 1. The Balaban J connectivity index is 1.63. The summed E-state index contributed by atoms with van der Waals surface area (Å²) in [5.41, 5.74) is 1.34. The molecule has 1 atom stereocenters. The summed E-state index contributed by atoms with van der Waals surface area (Å²) >= 11 is 0. The first kappa shape index (κ1) is 17.4. The van der Waals surface area contributed by atoms with E-state index in [2.05, 4.69) is 0 Å². The van der Waals surface area contributed by atoms with Crippen molar-refractivity contribution in [2.24, 2.45) is 7.05 Å². The third kappa shape index (κ3) is 3.79. The third-order valence-corrected chi connectivity index (χ3v) is 4.83. The molecule has 1 unspecified atom stereocenters. The molecule has 1 N–H and O–H groups in total. The van der Waals surface area contributed by atoms with E-state index in [9.17, 15) is 19.1 Å². The molecule has 2 heterocycles. The van der Waals surface area contributed by atoms with Crippen molar-refractivity contribution in [3.8, 4) is 0 Å². The van der Waals surface area contributed by atoms with Gasteiger partial charge in [-0.15, -0.1) is 0 Å². The molecule has 0 aliphatic carbocycles. The number of aliphatic hydroxyl groups excluding tert-OH is 1. The number of hydrogen-bond donors (Lipinski definition) is 1. The molecule has 0 bridgehead atoms. The van der Waals surface area contributed by atoms with Crippen LogP contribution in [0.3, 0.4) is 0 Å².